The number of hydrogen-bond acceptors (Lipinski definition) is 14. The second-order valence-corrected chi connectivity index (χ2v) is 14.3. The fraction of sp³-hybridized carbons (Fsp3) is 0.657. The van der Waals surface area contributed by atoms with Crippen molar-refractivity contribution in [2.45, 2.75) is 107 Å². The maximum Gasteiger partial charge on any atom is 0.326 e. The summed E-state index contributed by atoms with van der Waals surface area (Å²) in [6.45, 7) is 0.209. The van der Waals surface area contributed by atoms with E-state index >= 15 is 0 Å². The van der Waals surface area contributed by atoms with E-state index < -0.39 is 84.2 Å². The number of guanidine groups is 2. The Hall–Kier alpha value is -5.73. The molecular formula is C35H65N17O8S. The summed E-state index contributed by atoms with van der Waals surface area (Å²) in [6, 6.07) is -7.15. The number of rotatable bonds is 32. The van der Waals surface area contributed by atoms with Gasteiger partial charge >= 0.3 is 5.97 Å². The summed E-state index contributed by atoms with van der Waals surface area (Å²) < 4.78 is 0. The second-order valence-electron chi connectivity index (χ2n) is 14.0. The largest absolute Gasteiger partial charge is 0.480 e. The predicted molar refractivity (Wildman–Crippen MR) is 230 cm³/mol. The molecule has 0 saturated heterocycles. The number of thiol groups is 1. The number of unbranched alkanes of at least 4 members (excludes halogenated alkanes) is 2. The lowest BCUT2D eigenvalue weighted by Gasteiger charge is -2.25. The van der Waals surface area contributed by atoms with Gasteiger partial charge in [0.15, 0.2) is 11.9 Å². The first kappa shape index (κ1) is 53.3. The third-order valence-corrected chi connectivity index (χ3v) is 9.25. The minimum Gasteiger partial charge on any atom is -0.480 e. The van der Waals surface area contributed by atoms with E-state index in [1.165, 1.54) is 12.5 Å². The SMILES string of the molecule is NCCCC[C@H](NC(=O)CNC(=O)[C@H](CCCN=C(N)N)NC(=O)[C@H](CCCCN)NC(=O)[C@H](CS)NC(=O)[C@@H](N)Cc1cnc[nH]1)C(=O)N[C@@H](CCCN=C(N)N)C(=O)O. The lowest BCUT2D eigenvalue weighted by atomic mass is 10.1. The average Bonchev–Trinajstić information content (AvgIpc) is 3.73. The molecule has 1 rings (SSSR count). The average molecular weight is 884 g/mol. The summed E-state index contributed by atoms with van der Waals surface area (Å²) in [4.78, 5) is 106. The molecule has 0 radical (unpaired) electrons. The van der Waals surface area contributed by atoms with Crippen molar-refractivity contribution in [3.63, 3.8) is 0 Å². The number of carboxylic acid groups (broad SMARTS) is 1. The number of aliphatic imine (C=N–C) groups is 2. The molecule has 0 bridgehead atoms. The first-order valence-corrected chi connectivity index (χ1v) is 20.5. The third-order valence-electron chi connectivity index (χ3n) is 8.89. The quantitative estimate of drug-likeness (QED) is 0.0139. The molecule has 6 atom stereocenters. The van der Waals surface area contributed by atoms with Gasteiger partial charge in [-0.15, -0.1) is 0 Å². The van der Waals surface area contributed by atoms with Crippen molar-refractivity contribution in [2.75, 3.05) is 38.5 Å². The first-order chi connectivity index (χ1) is 29.0. The highest BCUT2D eigenvalue weighted by Crippen LogP contribution is 2.08. The van der Waals surface area contributed by atoms with Gasteiger partial charge in [0.05, 0.1) is 18.9 Å². The van der Waals surface area contributed by atoms with Crippen LogP contribution < -0.4 is 72.0 Å². The number of carbonyl (C=O) groups is 7. The lowest BCUT2D eigenvalue weighted by Crippen LogP contribution is -2.58. The van der Waals surface area contributed by atoms with Crippen molar-refractivity contribution in [1.82, 2.24) is 41.9 Å². The Labute approximate surface area is 359 Å². The van der Waals surface area contributed by atoms with Gasteiger partial charge in [-0.05, 0) is 77.3 Å². The Bertz CT molecular complexity index is 1590. The highest BCUT2D eigenvalue weighted by atomic mass is 32.1. The van der Waals surface area contributed by atoms with Crippen LogP contribution in [0.1, 0.15) is 69.9 Å². The van der Waals surface area contributed by atoms with Crippen LogP contribution in [0.15, 0.2) is 22.5 Å². The van der Waals surface area contributed by atoms with Crippen LogP contribution in [-0.2, 0) is 40.0 Å². The summed E-state index contributed by atoms with van der Waals surface area (Å²) in [5.74, 6) is -6.27. The van der Waals surface area contributed by atoms with E-state index in [0.717, 1.165) is 0 Å². The number of carbonyl (C=O) groups excluding carboxylic acids is 6. The number of imidazole rings is 1. The van der Waals surface area contributed by atoms with Crippen LogP contribution in [0.5, 0.6) is 0 Å². The molecule has 0 saturated carbocycles. The molecule has 26 heteroatoms. The summed E-state index contributed by atoms with van der Waals surface area (Å²) in [6.07, 6.45) is 5.57. The molecule has 22 N–H and O–H groups in total. The van der Waals surface area contributed by atoms with Crippen molar-refractivity contribution in [2.24, 2.45) is 50.1 Å². The number of carboxylic acids is 1. The number of aromatic nitrogens is 2. The zero-order valence-electron chi connectivity index (χ0n) is 34.3. The lowest BCUT2D eigenvalue weighted by molar-refractivity contribution is -0.142. The zero-order valence-corrected chi connectivity index (χ0v) is 35.2. The Morgan fingerprint density at radius 3 is 1.59 bits per heavy atom. The van der Waals surface area contributed by atoms with E-state index in [1.54, 1.807) is 0 Å². The monoisotopic (exact) mass is 883 g/mol. The Morgan fingerprint density at radius 2 is 1.11 bits per heavy atom. The molecule has 344 valence electrons. The number of nitrogens with one attached hydrogen (secondary N) is 7. The van der Waals surface area contributed by atoms with Crippen LogP contribution in [0.2, 0.25) is 0 Å². The fourth-order valence-corrected chi connectivity index (χ4v) is 5.87. The van der Waals surface area contributed by atoms with Crippen LogP contribution in [0.3, 0.4) is 0 Å². The van der Waals surface area contributed by atoms with Gasteiger partial charge in [-0.25, -0.2) is 9.78 Å². The highest BCUT2D eigenvalue weighted by Gasteiger charge is 2.31. The van der Waals surface area contributed by atoms with Crippen molar-refractivity contribution < 1.29 is 38.7 Å². The van der Waals surface area contributed by atoms with Gasteiger partial charge in [0.2, 0.25) is 35.4 Å². The normalized spacial score (nSPS) is 13.8. The van der Waals surface area contributed by atoms with Crippen LogP contribution in [0.25, 0.3) is 0 Å². The molecule has 0 fully saturated rings. The van der Waals surface area contributed by atoms with Crippen LogP contribution >= 0.6 is 12.6 Å². The van der Waals surface area contributed by atoms with E-state index in [1.807, 2.05) is 0 Å². The Balaban J connectivity index is 3.11. The number of H-pyrrole nitrogens is 1. The molecule has 0 aliphatic heterocycles. The highest BCUT2D eigenvalue weighted by molar-refractivity contribution is 7.80. The Kier molecular flexibility index (Phi) is 26.5. The van der Waals surface area contributed by atoms with Crippen LogP contribution in [-0.4, -0.2) is 143 Å². The van der Waals surface area contributed by atoms with Crippen molar-refractivity contribution in [3.8, 4) is 0 Å². The molecule has 1 heterocycles. The second kappa shape index (κ2) is 30.3. The Morgan fingerprint density at radius 1 is 0.656 bits per heavy atom. The van der Waals surface area contributed by atoms with Crippen molar-refractivity contribution in [3.05, 3.63) is 18.2 Å². The number of hydrogen-bond donors (Lipinski definition) is 16. The molecule has 0 spiro atoms. The molecule has 0 unspecified atom stereocenters. The van der Waals surface area contributed by atoms with Gasteiger partial charge < -0.3 is 82.1 Å². The number of aromatic amines is 1. The number of nitrogens with zero attached hydrogens (tertiary/aromatic N) is 3. The van der Waals surface area contributed by atoms with E-state index in [9.17, 15) is 38.7 Å². The van der Waals surface area contributed by atoms with Crippen LogP contribution in [0, 0.1) is 0 Å². The molecule has 1 aromatic heterocycles. The van der Waals surface area contributed by atoms with E-state index in [2.05, 4.69) is 64.5 Å². The van der Waals surface area contributed by atoms with E-state index in [-0.39, 0.29) is 75.7 Å². The topological polar surface area (TPSA) is 447 Å². The summed E-state index contributed by atoms with van der Waals surface area (Å²) in [5, 5.41) is 24.9. The summed E-state index contributed by atoms with van der Waals surface area (Å²) in [5.41, 5.74) is 39.4. The first-order valence-electron chi connectivity index (χ1n) is 19.9. The van der Waals surface area contributed by atoms with Gasteiger partial charge in [0.25, 0.3) is 0 Å². The van der Waals surface area contributed by atoms with Crippen molar-refractivity contribution >= 4 is 66.0 Å². The molecule has 1 aromatic rings. The minimum atomic E-state index is -1.30. The van der Waals surface area contributed by atoms with E-state index in [4.69, 9.17) is 40.1 Å². The molecule has 6 amide bonds. The number of nitrogens with two attached hydrogens (primary N) is 7. The summed E-state index contributed by atoms with van der Waals surface area (Å²) in [7, 11) is 0. The maximum atomic E-state index is 13.7. The predicted octanol–water partition coefficient (Wildman–Crippen LogP) is -5.80. The molecular weight excluding hydrogens is 819 g/mol. The molecule has 61 heavy (non-hydrogen) atoms. The van der Waals surface area contributed by atoms with Gasteiger partial charge in [0, 0.05) is 37.2 Å². The van der Waals surface area contributed by atoms with Gasteiger partial charge in [0.1, 0.15) is 30.2 Å². The zero-order chi connectivity index (χ0) is 45.7. The number of amides is 6. The standard InChI is InChI=1S/C35H65N17O8S/c36-11-3-1-7-23(30(56)51-25(33(59)60)10-6-14-45-35(41)42)48-27(53)17-46-29(55)22(9-5-13-44-34(39)40)49-31(57)24(8-2-4-12-37)50-32(58)26(18-61)52-28(54)21(38)15-20-16-43-19-47-20/h16,19,21-26,61H,1-15,17-18,36-38H2,(H,43,47)(H,46,55)(H,48,53)(H,49,57)(H,50,58)(H,51,56)(H,52,54)(H,59,60)(H4,39,40,44)(H4,41,42,45)/t21-,22-,23-,24-,25-,26-/m0/s1. The van der Waals surface area contributed by atoms with Gasteiger partial charge in [-0.2, -0.15) is 12.6 Å². The number of aliphatic carboxylic acids is 1. The molecule has 0 aromatic carbocycles. The fourth-order valence-electron chi connectivity index (χ4n) is 5.61. The minimum absolute atomic E-state index is 0.000433. The molecule has 0 aliphatic carbocycles. The van der Waals surface area contributed by atoms with Gasteiger partial charge in [-0.1, -0.05) is 0 Å². The summed E-state index contributed by atoms with van der Waals surface area (Å²) >= 11 is 4.20. The third kappa shape index (κ3) is 23.0. The smallest absolute Gasteiger partial charge is 0.326 e. The van der Waals surface area contributed by atoms with E-state index in [0.29, 0.717) is 44.5 Å². The maximum absolute atomic E-state index is 13.7. The molecule has 0 aliphatic rings. The molecule has 25 nitrogen and oxygen atoms in total. The van der Waals surface area contributed by atoms with Crippen molar-refractivity contribution in [1.29, 1.82) is 0 Å². The van der Waals surface area contributed by atoms with Crippen LogP contribution in [0.4, 0.5) is 0 Å². The van der Waals surface area contributed by atoms with Gasteiger partial charge in [-0.3, -0.25) is 38.8 Å².